The zero-order chi connectivity index (χ0) is 20.5. The Morgan fingerprint density at radius 1 is 1.00 bits per heavy atom. The molecule has 0 amide bonds. The molecule has 4 aromatic rings. The summed E-state index contributed by atoms with van der Waals surface area (Å²) >= 11 is 0. The molecule has 0 aliphatic heterocycles. The van der Waals surface area contributed by atoms with Gasteiger partial charge in [0.25, 0.3) is 0 Å². The predicted octanol–water partition coefficient (Wildman–Crippen LogP) is 4.84. The summed E-state index contributed by atoms with van der Waals surface area (Å²) in [6, 6.07) is 20.4. The third-order valence-corrected chi connectivity index (χ3v) is 5.90. The lowest BCUT2D eigenvalue weighted by atomic mass is 9.96. The highest BCUT2D eigenvalue weighted by molar-refractivity contribution is 5.72. The number of aromatic amines is 1. The largest absolute Gasteiger partial charge is 0.309 e. The maximum absolute atomic E-state index is 15.4. The molecule has 0 bridgehead atoms. The van der Waals surface area contributed by atoms with E-state index >= 15 is 4.39 Å². The summed E-state index contributed by atoms with van der Waals surface area (Å²) in [5.41, 5.74) is 6.91. The average Bonchev–Trinajstić information content (AvgIpc) is 3.43. The highest BCUT2D eigenvalue weighted by atomic mass is 19.1. The number of nitrogens with one attached hydrogen (secondary N) is 2. The van der Waals surface area contributed by atoms with E-state index in [9.17, 15) is 0 Å². The van der Waals surface area contributed by atoms with Crippen LogP contribution < -0.4 is 5.32 Å². The van der Waals surface area contributed by atoms with Gasteiger partial charge < -0.3 is 5.32 Å². The van der Waals surface area contributed by atoms with Gasteiger partial charge in [0, 0.05) is 29.3 Å². The summed E-state index contributed by atoms with van der Waals surface area (Å²) in [6.07, 6.45) is 3.55. The number of hydrogen-bond donors (Lipinski definition) is 2. The van der Waals surface area contributed by atoms with E-state index in [0.717, 1.165) is 29.5 Å². The Balaban J connectivity index is 1.35. The molecule has 1 aliphatic carbocycles. The van der Waals surface area contributed by atoms with Gasteiger partial charge in [-0.05, 0) is 48.1 Å². The summed E-state index contributed by atoms with van der Waals surface area (Å²) in [6.45, 7) is 2.51. The SMILES string of the molecule is Cc1cc(-c2nc[nH]n2)ccc1-c1cccc(CNC2Cc3ccccc3C2)c1F. The van der Waals surface area contributed by atoms with Crippen LogP contribution in [0, 0.1) is 12.7 Å². The third kappa shape index (κ3) is 3.53. The van der Waals surface area contributed by atoms with Gasteiger partial charge in [-0.15, -0.1) is 0 Å². The van der Waals surface area contributed by atoms with Gasteiger partial charge in [0.1, 0.15) is 12.1 Å². The van der Waals surface area contributed by atoms with Gasteiger partial charge >= 0.3 is 0 Å². The van der Waals surface area contributed by atoms with Crippen molar-refractivity contribution >= 4 is 0 Å². The summed E-state index contributed by atoms with van der Waals surface area (Å²) in [4.78, 5) is 4.19. The van der Waals surface area contributed by atoms with Crippen molar-refractivity contribution in [2.45, 2.75) is 32.4 Å². The Morgan fingerprint density at radius 3 is 2.50 bits per heavy atom. The molecule has 1 heterocycles. The zero-order valence-electron chi connectivity index (χ0n) is 16.8. The van der Waals surface area contributed by atoms with Crippen molar-refractivity contribution in [3.8, 4) is 22.5 Å². The van der Waals surface area contributed by atoms with Gasteiger partial charge in [-0.2, -0.15) is 5.10 Å². The second kappa shape index (κ2) is 7.84. The third-order valence-electron chi connectivity index (χ3n) is 5.90. The molecule has 4 nitrogen and oxygen atoms in total. The van der Waals surface area contributed by atoms with Crippen LogP contribution in [0.1, 0.15) is 22.3 Å². The first-order valence-electron chi connectivity index (χ1n) is 10.2. The molecule has 0 spiro atoms. The van der Waals surface area contributed by atoms with Gasteiger partial charge in [0.15, 0.2) is 5.82 Å². The van der Waals surface area contributed by atoms with Crippen LogP contribution in [0.2, 0.25) is 0 Å². The lowest BCUT2D eigenvalue weighted by Gasteiger charge is -2.15. The molecule has 30 heavy (non-hydrogen) atoms. The molecule has 0 fully saturated rings. The van der Waals surface area contributed by atoms with Crippen molar-refractivity contribution in [1.82, 2.24) is 20.5 Å². The van der Waals surface area contributed by atoms with Crippen molar-refractivity contribution in [2.24, 2.45) is 0 Å². The summed E-state index contributed by atoms with van der Waals surface area (Å²) < 4.78 is 15.4. The van der Waals surface area contributed by atoms with Crippen LogP contribution >= 0.6 is 0 Å². The van der Waals surface area contributed by atoms with Crippen molar-refractivity contribution in [3.05, 3.63) is 95.1 Å². The van der Waals surface area contributed by atoms with E-state index in [1.54, 1.807) is 6.33 Å². The number of fused-ring (bicyclic) bond motifs is 1. The van der Waals surface area contributed by atoms with E-state index < -0.39 is 0 Å². The van der Waals surface area contributed by atoms with Crippen molar-refractivity contribution in [3.63, 3.8) is 0 Å². The van der Waals surface area contributed by atoms with Crippen LogP contribution in [-0.4, -0.2) is 21.2 Å². The number of hydrogen-bond acceptors (Lipinski definition) is 3. The van der Waals surface area contributed by atoms with E-state index in [-0.39, 0.29) is 5.82 Å². The molecular weight excluding hydrogens is 375 g/mol. The van der Waals surface area contributed by atoms with Crippen LogP contribution in [0.25, 0.3) is 22.5 Å². The molecule has 2 N–H and O–H groups in total. The van der Waals surface area contributed by atoms with Gasteiger partial charge in [-0.1, -0.05) is 54.6 Å². The van der Waals surface area contributed by atoms with Crippen LogP contribution in [0.15, 0.2) is 67.0 Å². The van der Waals surface area contributed by atoms with Gasteiger partial charge in [0.2, 0.25) is 0 Å². The fourth-order valence-electron chi connectivity index (χ4n) is 4.33. The monoisotopic (exact) mass is 398 g/mol. The molecule has 150 valence electrons. The quantitative estimate of drug-likeness (QED) is 0.506. The number of aromatic nitrogens is 3. The normalized spacial score (nSPS) is 13.5. The first-order chi connectivity index (χ1) is 14.7. The number of halogens is 1. The minimum absolute atomic E-state index is 0.158. The molecule has 3 aromatic carbocycles. The second-order valence-corrected chi connectivity index (χ2v) is 7.89. The molecular formula is C25H23FN4. The van der Waals surface area contributed by atoms with Crippen LogP contribution in [0.4, 0.5) is 4.39 Å². The lowest BCUT2D eigenvalue weighted by molar-refractivity contribution is 0.516. The van der Waals surface area contributed by atoms with Crippen LogP contribution in [0.3, 0.4) is 0 Å². The molecule has 0 atom stereocenters. The molecule has 0 radical (unpaired) electrons. The van der Waals surface area contributed by atoms with Gasteiger partial charge in [0.05, 0.1) is 0 Å². The maximum atomic E-state index is 15.4. The molecule has 1 aromatic heterocycles. The molecule has 0 unspecified atom stereocenters. The minimum atomic E-state index is -0.158. The number of nitrogens with zero attached hydrogens (tertiary/aromatic N) is 2. The summed E-state index contributed by atoms with van der Waals surface area (Å²) in [5.74, 6) is 0.481. The zero-order valence-corrected chi connectivity index (χ0v) is 16.8. The highest BCUT2D eigenvalue weighted by Gasteiger charge is 2.21. The highest BCUT2D eigenvalue weighted by Crippen LogP contribution is 2.30. The van der Waals surface area contributed by atoms with E-state index in [2.05, 4.69) is 44.8 Å². The van der Waals surface area contributed by atoms with Gasteiger partial charge in [-0.25, -0.2) is 9.37 Å². The topological polar surface area (TPSA) is 53.6 Å². The van der Waals surface area contributed by atoms with Gasteiger partial charge in [-0.3, -0.25) is 5.10 Å². The van der Waals surface area contributed by atoms with E-state index in [1.165, 1.54) is 11.1 Å². The molecule has 5 heteroatoms. The Kier molecular flexibility index (Phi) is 4.89. The summed E-state index contributed by atoms with van der Waals surface area (Å²) in [7, 11) is 0. The second-order valence-electron chi connectivity index (χ2n) is 7.89. The first kappa shape index (κ1) is 18.7. The van der Waals surface area contributed by atoms with Crippen molar-refractivity contribution in [2.75, 3.05) is 0 Å². The average molecular weight is 398 g/mol. The number of benzene rings is 3. The van der Waals surface area contributed by atoms with Crippen molar-refractivity contribution in [1.29, 1.82) is 0 Å². The predicted molar refractivity (Wildman–Crippen MR) is 116 cm³/mol. The fraction of sp³-hybridized carbons (Fsp3) is 0.200. The van der Waals surface area contributed by atoms with Crippen LogP contribution in [-0.2, 0) is 19.4 Å². The smallest absolute Gasteiger partial charge is 0.180 e. The molecule has 0 saturated carbocycles. The molecule has 0 saturated heterocycles. The number of H-pyrrole nitrogens is 1. The Morgan fingerprint density at radius 2 is 1.80 bits per heavy atom. The van der Waals surface area contributed by atoms with E-state index in [4.69, 9.17) is 0 Å². The van der Waals surface area contributed by atoms with E-state index in [1.807, 2.05) is 43.3 Å². The Bertz CT molecular complexity index is 1160. The maximum Gasteiger partial charge on any atom is 0.180 e. The summed E-state index contributed by atoms with van der Waals surface area (Å²) in [5, 5.41) is 10.4. The first-order valence-corrected chi connectivity index (χ1v) is 10.2. The molecule has 1 aliphatic rings. The molecule has 5 rings (SSSR count). The van der Waals surface area contributed by atoms with Crippen LogP contribution in [0.5, 0.6) is 0 Å². The van der Waals surface area contributed by atoms with E-state index in [0.29, 0.717) is 29.5 Å². The van der Waals surface area contributed by atoms with Crippen molar-refractivity contribution < 1.29 is 4.39 Å². The Labute approximate surface area is 175 Å². The lowest BCUT2D eigenvalue weighted by Crippen LogP contribution is -2.29. The number of aryl methyl sites for hydroxylation is 1. The fourth-order valence-corrected chi connectivity index (χ4v) is 4.33. The number of rotatable bonds is 5. The Hall–Kier alpha value is -3.31. The standard InChI is InChI=1S/C25H23FN4/c1-16-11-19(25-28-15-29-30-25)9-10-22(16)23-8-4-7-20(24(23)26)14-27-21-12-17-5-2-3-6-18(17)13-21/h2-11,15,21,27H,12-14H2,1H3,(H,28,29,30). The minimum Gasteiger partial charge on any atom is -0.309 e.